The summed E-state index contributed by atoms with van der Waals surface area (Å²) in [5.74, 6) is 0. The van der Waals surface area contributed by atoms with Crippen molar-refractivity contribution in [3.63, 3.8) is 0 Å². The molecule has 100 heavy (non-hydrogen) atoms. The first kappa shape index (κ1) is 56.9. The molecule has 8 heteroatoms. The average molecular weight is 1280 g/mol. The predicted octanol–water partition coefficient (Wildman–Crippen LogP) is 23.1. The lowest BCUT2D eigenvalue weighted by Crippen LogP contribution is -2.61. The average Bonchev–Trinajstić information content (AvgIpc) is 1.17. The summed E-state index contributed by atoms with van der Waals surface area (Å²) in [5, 5.41) is 11.4. The Bertz CT molecular complexity index is 6370. The molecule has 7 heterocycles. The normalized spacial score (nSPS) is 13.2. The molecule has 0 spiro atoms. The number of furan rings is 2. The standard InChI is InChI=1S/C92H66BN5O2/c1-91(2,3)57-41-44-73-66(49-57)68-51-80-70(53-78(68)95(73)60-26-12-8-13-27-60)93-71-54-79-69(67-50-58(92(4,5)6)42-45-74(67)96(79)61-28-14-9-15-29-61)52-81(71)98(76-35-23-39-87-89(76)65-32-18-21-37-85(65)100-87)83-48-56(47-82(90(83)93)97(80)75-34-22-38-86-88(75)64-31-17-20-36-84(64)99-86)55-40-43-63-62-30-16-19-33-72(62)94(77(63)46-55)59-24-10-7-11-25-59/h7-54H,1-6H3. The van der Waals surface area contributed by atoms with Gasteiger partial charge >= 0.3 is 0 Å². The minimum atomic E-state index is -0.311. The van der Waals surface area contributed by atoms with Gasteiger partial charge in [0.15, 0.2) is 0 Å². The second kappa shape index (κ2) is 20.6. The Morgan fingerprint density at radius 1 is 0.260 bits per heavy atom. The second-order valence-corrected chi connectivity index (χ2v) is 29.6. The van der Waals surface area contributed by atoms with Crippen LogP contribution in [-0.2, 0) is 10.8 Å². The van der Waals surface area contributed by atoms with E-state index in [4.69, 9.17) is 8.83 Å². The van der Waals surface area contributed by atoms with Gasteiger partial charge in [-0.3, -0.25) is 0 Å². The lowest BCUT2D eigenvalue weighted by Gasteiger charge is -2.45. The van der Waals surface area contributed by atoms with Crippen molar-refractivity contribution in [2.45, 2.75) is 52.4 Å². The van der Waals surface area contributed by atoms with Crippen LogP contribution in [0, 0.1) is 0 Å². The molecule has 0 atom stereocenters. The zero-order valence-corrected chi connectivity index (χ0v) is 56.3. The number of anilines is 6. The third-order valence-corrected chi connectivity index (χ3v) is 21.9. The van der Waals surface area contributed by atoms with E-state index in [2.05, 4.69) is 356 Å². The Morgan fingerprint density at radius 3 is 1.12 bits per heavy atom. The van der Waals surface area contributed by atoms with E-state index in [1.807, 2.05) is 0 Å². The zero-order valence-electron chi connectivity index (χ0n) is 56.3. The highest BCUT2D eigenvalue weighted by atomic mass is 16.3. The van der Waals surface area contributed by atoms with Gasteiger partial charge in [-0.05, 0) is 195 Å². The summed E-state index contributed by atoms with van der Waals surface area (Å²) < 4.78 is 21.4. The molecule has 0 N–H and O–H groups in total. The van der Waals surface area contributed by atoms with E-state index in [-0.39, 0.29) is 17.5 Å². The molecular weight excluding hydrogens is 1220 g/mol. The molecular formula is C92H66BN5O2. The number of fused-ring (bicyclic) bond motifs is 19. The van der Waals surface area contributed by atoms with Crippen molar-refractivity contribution in [2.75, 3.05) is 9.80 Å². The van der Waals surface area contributed by atoms with Crippen molar-refractivity contribution in [2.24, 2.45) is 0 Å². The molecule has 0 fully saturated rings. The van der Waals surface area contributed by atoms with Crippen LogP contribution in [0.1, 0.15) is 52.7 Å². The van der Waals surface area contributed by atoms with Gasteiger partial charge in [-0.1, -0.05) is 187 Å². The molecule has 21 rings (SSSR count). The molecule has 0 bridgehead atoms. The highest BCUT2D eigenvalue weighted by Gasteiger charge is 2.46. The van der Waals surface area contributed by atoms with Crippen LogP contribution in [0.25, 0.3) is 137 Å². The summed E-state index contributed by atoms with van der Waals surface area (Å²) in [6.07, 6.45) is 0. The molecule has 0 unspecified atom stereocenters. The number of para-hydroxylation sites is 6. The van der Waals surface area contributed by atoms with E-state index in [9.17, 15) is 0 Å². The molecule has 2 aliphatic rings. The van der Waals surface area contributed by atoms with Crippen LogP contribution in [0.4, 0.5) is 34.1 Å². The molecule has 19 aromatic rings. The fourth-order valence-electron chi connectivity index (χ4n) is 17.2. The summed E-state index contributed by atoms with van der Waals surface area (Å²) in [6.45, 7) is 13.6. The van der Waals surface area contributed by atoms with Crippen molar-refractivity contribution < 1.29 is 8.83 Å². The van der Waals surface area contributed by atoms with Crippen LogP contribution in [0.2, 0.25) is 0 Å². The van der Waals surface area contributed by atoms with Crippen molar-refractivity contribution in [3.8, 4) is 28.2 Å². The van der Waals surface area contributed by atoms with Crippen molar-refractivity contribution in [1.29, 1.82) is 0 Å². The second-order valence-electron chi connectivity index (χ2n) is 29.6. The maximum atomic E-state index is 6.95. The van der Waals surface area contributed by atoms with E-state index < -0.39 is 0 Å². The summed E-state index contributed by atoms with van der Waals surface area (Å²) in [5.41, 5.74) is 28.3. The van der Waals surface area contributed by atoms with Gasteiger partial charge in [0.25, 0.3) is 6.71 Å². The van der Waals surface area contributed by atoms with Crippen molar-refractivity contribution in [1.82, 2.24) is 13.7 Å². The predicted molar refractivity (Wildman–Crippen MR) is 421 cm³/mol. The monoisotopic (exact) mass is 1280 g/mol. The van der Waals surface area contributed by atoms with Gasteiger partial charge in [0.1, 0.15) is 22.3 Å². The van der Waals surface area contributed by atoms with Crippen molar-refractivity contribution in [3.05, 3.63) is 302 Å². The number of rotatable bonds is 6. The highest BCUT2D eigenvalue weighted by molar-refractivity contribution is 7.00. The lowest BCUT2D eigenvalue weighted by atomic mass is 9.33. The van der Waals surface area contributed by atoms with Crippen LogP contribution in [-0.4, -0.2) is 20.4 Å². The van der Waals surface area contributed by atoms with Crippen LogP contribution >= 0.6 is 0 Å². The quantitative estimate of drug-likeness (QED) is 0.156. The molecule has 0 saturated carbocycles. The Kier molecular flexibility index (Phi) is 11.7. The fraction of sp³-hybridized carbons (Fsp3) is 0.0870. The first-order valence-electron chi connectivity index (χ1n) is 34.9. The summed E-state index contributed by atoms with van der Waals surface area (Å²) >= 11 is 0. The molecule has 0 saturated heterocycles. The van der Waals surface area contributed by atoms with Gasteiger partial charge in [0, 0.05) is 82.9 Å². The summed E-state index contributed by atoms with van der Waals surface area (Å²) in [4.78, 5) is 5.25. The molecule has 0 radical (unpaired) electrons. The Morgan fingerprint density at radius 2 is 0.650 bits per heavy atom. The fourth-order valence-corrected chi connectivity index (χ4v) is 17.2. The Hall–Kier alpha value is -12.3. The Labute approximate surface area is 578 Å². The molecule has 0 aliphatic carbocycles. The van der Waals surface area contributed by atoms with Crippen molar-refractivity contribution >= 4 is 167 Å². The maximum Gasteiger partial charge on any atom is 0.252 e. The number of nitrogens with zero attached hydrogens (tertiary/aromatic N) is 5. The van der Waals surface area contributed by atoms with Gasteiger partial charge < -0.3 is 32.3 Å². The number of aromatic nitrogens is 3. The molecule has 7 nitrogen and oxygen atoms in total. The third-order valence-electron chi connectivity index (χ3n) is 21.9. The van der Waals surface area contributed by atoms with Crippen LogP contribution in [0.3, 0.4) is 0 Å². The summed E-state index contributed by atoms with van der Waals surface area (Å²) in [7, 11) is 0. The van der Waals surface area contributed by atoms with Crippen LogP contribution in [0.5, 0.6) is 0 Å². The topological polar surface area (TPSA) is 47.6 Å². The van der Waals surface area contributed by atoms with E-state index in [1.54, 1.807) is 0 Å². The van der Waals surface area contributed by atoms with E-state index >= 15 is 0 Å². The van der Waals surface area contributed by atoms with Gasteiger partial charge in [-0.25, -0.2) is 0 Å². The van der Waals surface area contributed by atoms with Crippen LogP contribution in [0.15, 0.2) is 300 Å². The molecule has 14 aromatic carbocycles. The van der Waals surface area contributed by atoms with Gasteiger partial charge in [0.2, 0.25) is 0 Å². The minimum absolute atomic E-state index is 0.107. The SMILES string of the molecule is CC(C)(C)c1ccc2c(c1)c1cc3c(cc1n2-c1ccccc1)B1c2cc4c(cc2N(c2cccc5oc6ccccc6c25)c2cc(-c5ccc6c7ccccc7n(-c7ccccc7)c6c5)cc(c21)N3c1cccc2oc3ccccc3c12)c1cc(C(C)(C)C)ccc1n4-c1ccccc1. The molecule has 474 valence electrons. The van der Waals surface area contributed by atoms with E-state index in [0.717, 1.165) is 134 Å². The Balaban J connectivity index is 0.970. The number of benzene rings is 14. The van der Waals surface area contributed by atoms with E-state index in [1.165, 1.54) is 65.3 Å². The molecule has 2 aliphatic heterocycles. The van der Waals surface area contributed by atoms with E-state index in [0.29, 0.717) is 0 Å². The van der Waals surface area contributed by atoms with Gasteiger partial charge in [0.05, 0.1) is 55.2 Å². The number of hydrogen-bond acceptors (Lipinski definition) is 4. The first-order chi connectivity index (χ1) is 48.9. The first-order valence-corrected chi connectivity index (χ1v) is 34.9. The van der Waals surface area contributed by atoms with Gasteiger partial charge in [-0.15, -0.1) is 0 Å². The maximum absolute atomic E-state index is 6.95. The van der Waals surface area contributed by atoms with Gasteiger partial charge in [-0.2, -0.15) is 0 Å². The zero-order chi connectivity index (χ0) is 66.6. The lowest BCUT2D eigenvalue weighted by molar-refractivity contribution is 0.591. The molecule has 0 amide bonds. The van der Waals surface area contributed by atoms with Crippen LogP contribution < -0.4 is 26.2 Å². The largest absolute Gasteiger partial charge is 0.456 e. The smallest absolute Gasteiger partial charge is 0.252 e. The number of hydrogen-bond donors (Lipinski definition) is 0. The third kappa shape index (κ3) is 8.10. The molecule has 5 aromatic heterocycles. The summed E-state index contributed by atoms with van der Waals surface area (Å²) in [6, 6.07) is 109. The highest BCUT2D eigenvalue weighted by Crippen LogP contribution is 2.53. The minimum Gasteiger partial charge on any atom is -0.456 e.